The number of carbonyl (C=O) groups excluding carboxylic acids is 2. The minimum Gasteiger partial charge on any atom is -0.324 e. The van der Waals surface area contributed by atoms with Gasteiger partial charge >= 0.3 is 12.1 Å². The van der Waals surface area contributed by atoms with Gasteiger partial charge in [-0.2, -0.15) is 13.2 Å². The van der Waals surface area contributed by atoms with Gasteiger partial charge in [-0.05, 0) is 31.0 Å². The van der Waals surface area contributed by atoms with E-state index in [9.17, 15) is 22.8 Å². The first kappa shape index (κ1) is 15.8. The van der Waals surface area contributed by atoms with Crippen LogP contribution in [0.1, 0.15) is 12.8 Å². The number of nitrogens with one attached hydrogen (secondary N) is 1. The Bertz CT molecular complexity index is 563. The summed E-state index contributed by atoms with van der Waals surface area (Å²) >= 11 is 3.23. The second-order valence-electron chi connectivity index (χ2n) is 4.65. The molecular weight excluding hydrogens is 353 g/mol. The Morgan fingerprint density at radius 2 is 2.05 bits per heavy atom. The van der Waals surface area contributed by atoms with Crippen LogP contribution in [0, 0.1) is 0 Å². The first-order valence-corrected chi connectivity index (χ1v) is 7.02. The van der Waals surface area contributed by atoms with Gasteiger partial charge in [-0.1, -0.05) is 22.0 Å². The van der Waals surface area contributed by atoms with E-state index in [1.807, 2.05) is 0 Å². The van der Waals surface area contributed by atoms with E-state index in [1.54, 1.807) is 24.3 Å². The Hall–Kier alpha value is -1.57. The van der Waals surface area contributed by atoms with Crippen LogP contribution >= 0.6 is 15.9 Å². The number of anilines is 1. The van der Waals surface area contributed by atoms with Crippen molar-refractivity contribution in [2.24, 2.45) is 0 Å². The van der Waals surface area contributed by atoms with Crippen molar-refractivity contribution in [3.63, 3.8) is 0 Å². The van der Waals surface area contributed by atoms with Crippen LogP contribution in [0.5, 0.6) is 0 Å². The van der Waals surface area contributed by atoms with Gasteiger partial charge in [0.2, 0.25) is 5.91 Å². The summed E-state index contributed by atoms with van der Waals surface area (Å²) in [7, 11) is 0. The van der Waals surface area contributed by atoms with Gasteiger partial charge in [0.05, 0.1) is 0 Å². The Morgan fingerprint density at radius 3 is 2.67 bits per heavy atom. The standard InChI is InChI=1S/C13H12BrF3N2O2/c14-8-3-1-4-9(7-8)18-11(20)10-5-2-6-19(10)12(21)13(15,16)17/h1,3-4,7,10H,2,5-6H2,(H,18,20). The fourth-order valence-corrected chi connectivity index (χ4v) is 2.64. The van der Waals surface area contributed by atoms with Crippen LogP contribution in [0.2, 0.25) is 0 Å². The average Bonchev–Trinajstić information content (AvgIpc) is 2.85. The monoisotopic (exact) mass is 364 g/mol. The molecule has 1 atom stereocenters. The number of halogens is 4. The van der Waals surface area contributed by atoms with Gasteiger partial charge in [-0.25, -0.2) is 0 Å². The Labute approximate surface area is 127 Å². The molecule has 0 spiro atoms. The van der Waals surface area contributed by atoms with Crippen molar-refractivity contribution < 1.29 is 22.8 Å². The number of hydrogen-bond donors (Lipinski definition) is 1. The van der Waals surface area contributed by atoms with E-state index in [0.717, 1.165) is 4.47 Å². The van der Waals surface area contributed by atoms with Crippen LogP contribution in [-0.4, -0.2) is 35.5 Å². The van der Waals surface area contributed by atoms with Crippen molar-refractivity contribution in [1.29, 1.82) is 0 Å². The first-order chi connectivity index (χ1) is 9.79. The van der Waals surface area contributed by atoms with Gasteiger partial charge < -0.3 is 10.2 Å². The third kappa shape index (κ3) is 3.75. The lowest BCUT2D eigenvalue weighted by Gasteiger charge is -2.24. The number of likely N-dealkylation sites (tertiary alicyclic amines) is 1. The quantitative estimate of drug-likeness (QED) is 0.876. The zero-order chi connectivity index (χ0) is 15.6. The summed E-state index contributed by atoms with van der Waals surface area (Å²) in [6, 6.07) is 5.60. The Kier molecular flexibility index (Phi) is 4.55. The van der Waals surface area contributed by atoms with Crippen molar-refractivity contribution >= 4 is 33.4 Å². The van der Waals surface area contributed by atoms with Crippen LogP contribution in [-0.2, 0) is 9.59 Å². The lowest BCUT2D eigenvalue weighted by Crippen LogP contribution is -2.48. The van der Waals surface area contributed by atoms with Gasteiger partial charge in [0.1, 0.15) is 6.04 Å². The second-order valence-corrected chi connectivity index (χ2v) is 5.57. The zero-order valence-electron chi connectivity index (χ0n) is 10.8. The molecule has 1 unspecified atom stereocenters. The maximum absolute atomic E-state index is 12.5. The third-order valence-electron chi connectivity index (χ3n) is 3.15. The molecule has 21 heavy (non-hydrogen) atoms. The largest absolute Gasteiger partial charge is 0.471 e. The maximum Gasteiger partial charge on any atom is 0.471 e. The van der Waals surface area contributed by atoms with Gasteiger partial charge in [-0.15, -0.1) is 0 Å². The van der Waals surface area contributed by atoms with E-state index in [1.165, 1.54) is 0 Å². The SMILES string of the molecule is O=C(Nc1cccc(Br)c1)C1CCCN1C(=O)C(F)(F)F. The van der Waals surface area contributed by atoms with Crippen molar-refractivity contribution in [1.82, 2.24) is 4.90 Å². The molecule has 8 heteroatoms. The highest BCUT2D eigenvalue weighted by molar-refractivity contribution is 9.10. The molecule has 1 fully saturated rings. The number of benzene rings is 1. The molecule has 114 valence electrons. The summed E-state index contributed by atoms with van der Waals surface area (Å²) in [5.41, 5.74) is 0.459. The normalized spacial score (nSPS) is 18.7. The molecule has 2 amide bonds. The van der Waals surface area contributed by atoms with E-state index in [2.05, 4.69) is 21.2 Å². The maximum atomic E-state index is 12.5. The highest BCUT2D eigenvalue weighted by atomic mass is 79.9. The summed E-state index contributed by atoms with van der Waals surface area (Å²) in [4.78, 5) is 24.0. The predicted molar refractivity (Wildman–Crippen MR) is 73.6 cm³/mol. The summed E-state index contributed by atoms with van der Waals surface area (Å²) in [5.74, 6) is -2.57. The summed E-state index contributed by atoms with van der Waals surface area (Å²) in [5, 5.41) is 2.53. The number of hydrogen-bond acceptors (Lipinski definition) is 2. The number of rotatable bonds is 2. The van der Waals surface area contributed by atoms with E-state index < -0.39 is 24.0 Å². The van der Waals surface area contributed by atoms with Crippen molar-refractivity contribution in [2.45, 2.75) is 25.1 Å². The summed E-state index contributed by atoms with van der Waals surface area (Å²) in [6.07, 6.45) is -4.36. The molecule has 1 heterocycles. The van der Waals surface area contributed by atoms with Gasteiger partial charge in [0.15, 0.2) is 0 Å². The van der Waals surface area contributed by atoms with Crippen molar-refractivity contribution in [2.75, 3.05) is 11.9 Å². The topological polar surface area (TPSA) is 49.4 Å². The van der Waals surface area contributed by atoms with E-state index in [4.69, 9.17) is 0 Å². The van der Waals surface area contributed by atoms with Crippen molar-refractivity contribution in [3.8, 4) is 0 Å². The summed E-state index contributed by atoms with van der Waals surface area (Å²) in [6.45, 7) is -0.0606. The molecular formula is C13H12BrF3N2O2. The summed E-state index contributed by atoms with van der Waals surface area (Å²) < 4.78 is 38.2. The number of alkyl halides is 3. The molecule has 0 aromatic heterocycles. The lowest BCUT2D eigenvalue weighted by atomic mass is 10.2. The number of amides is 2. The fourth-order valence-electron chi connectivity index (χ4n) is 2.24. The fraction of sp³-hybridized carbons (Fsp3) is 0.385. The molecule has 0 saturated carbocycles. The highest BCUT2D eigenvalue weighted by Crippen LogP contribution is 2.26. The molecule has 1 aliphatic rings. The lowest BCUT2D eigenvalue weighted by molar-refractivity contribution is -0.186. The zero-order valence-corrected chi connectivity index (χ0v) is 12.4. The smallest absolute Gasteiger partial charge is 0.324 e. The molecule has 1 aromatic rings. The molecule has 0 aliphatic carbocycles. The molecule has 0 bridgehead atoms. The second kappa shape index (κ2) is 6.05. The van der Waals surface area contributed by atoms with Crippen LogP contribution in [0.15, 0.2) is 28.7 Å². The minimum absolute atomic E-state index is 0.0606. The molecule has 2 rings (SSSR count). The number of carbonyl (C=O) groups is 2. The van der Waals surface area contributed by atoms with Crippen LogP contribution in [0.4, 0.5) is 18.9 Å². The van der Waals surface area contributed by atoms with Crippen LogP contribution in [0.3, 0.4) is 0 Å². The van der Waals surface area contributed by atoms with Crippen molar-refractivity contribution in [3.05, 3.63) is 28.7 Å². The molecule has 1 saturated heterocycles. The van der Waals surface area contributed by atoms with E-state index in [-0.39, 0.29) is 13.0 Å². The van der Waals surface area contributed by atoms with Gasteiger partial charge in [0.25, 0.3) is 0 Å². The first-order valence-electron chi connectivity index (χ1n) is 6.23. The average molecular weight is 365 g/mol. The molecule has 1 aromatic carbocycles. The molecule has 4 nitrogen and oxygen atoms in total. The number of nitrogens with zero attached hydrogens (tertiary/aromatic N) is 1. The van der Waals surface area contributed by atoms with Gasteiger partial charge in [-0.3, -0.25) is 9.59 Å². The van der Waals surface area contributed by atoms with E-state index in [0.29, 0.717) is 17.0 Å². The minimum atomic E-state index is -4.96. The molecule has 0 radical (unpaired) electrons. The van der Waals surface area contributed by atoms with Gasteiger partial charge in [0, 0.05) is 16.7 Å². The third-order valence-corrected chi connectivity index (χ3v) is 3.64. The van der Waals surface area contributed by atoms with Crippen LogP contribution < -0.4 is 5.32 Å². The van der Waals surface area contributed by atoms with E-state index >= 15 is 0 Å². The Balaban J connectivity index is 2.09. The molecule has 1 aliphatic heterocycles. The Morgan fingerprint density at radius 1 is 1.33 bits per heavy atom. The predicted octanol–water partition coefficient (Wildman–Crippen LogP) is 2.94. The van der Waals surface area contributed by atoms with Crippen LogP contribution in [0.25, 0.3) is 0 Å². The highest BCUT2D eigenvalue weighted by Gasteiger charge is 2.47. The molecule has 1 N–H and O–H groups in total.